The van der Waals surface area contributed by atoms with E-state index in [0.29, 0.717) is 5.92 Å². The van der Waals surface area contributed by atoms with E-state index in [1.165, 1.54) is 19.3 Å². The molecule has 0 aromatic heterocycles. The summed E-state index contributed by atoms with van der Waals surface area (Å²) in [5, 5.41) is 0. The quantitative estimate of drug-likeness (QED) is 0.428. The topological polar surface area (TPSA) is 26.3 Å². The van der Waals surface area contributed by atoms with Crippen molar-refractivity contribution in [2.45, 2.75) is 59.5 Å². The van der Waals surface area contributed by atoms with Crippen LogP contribution in [-0.2, 0) is 9.53 Å². The first-order chi connectivity index (χ1) is 8.47. The summed E-state index contributed by atoms with van der Waals surface area (Å²) in [5.41, 5.74) is 2.90. The monoisotopic (exact) mass is 248 g/mol. The van der Waals surface area contributed by atoms with E-state index in [2.05, 4.69) is 0 Å². The number of esters is 1. The molecule has 2 aliphatic carbocycles. The molecule has 3 atom stereocenters. The lowest BCUT2D eigenvalue weighted by Crippen LogP contribution is -2.24. The molecule has 18 heavy (non-hydrogen) atoms. The van der Waals surface area contributed by atoms with Crippen molar-refractivity contribution in [2.24, 2.45) is 11.8 Å². The van der Waals surface area contributed by atoms with Gasteiger partial charge in [-0.05, 0) is 71.3 Å². The molecule has 2 rings (SSSR count). The van der Waals surface area contributed by atoms with Crippen molar-refractivity contribution in [3.8, 4) is 0 Å². The molecule has 3 unspecified atom stereocenters. The maximum atomic E-state index is 12.2. The van der Waals surface area contributed by atoms with Crippen LogP contribution in [0.15, 0.2) is 22.8 Å². The minimum atomic E-state index is -0.131. The van der Waals surface area contributed by atoms with Crippen LogP contribution in [0.3, 0.4) is 0 Å². The molecule has 2 nitrogen and oxygen atoms in total. The molecule has 0 aliphatic heterocycles. The summed E-state index contributed by atoms with van der Waals surface area (Å²) >= 11 is 0. The third-order valence-corrected chi connectivity index (χ3v) is 4.12. The molecule has 2 aliphatic rings. The zero-order chi connectivity index (χ0) is 13.3. The smallest absolute Gasteiger partial charge is 0.338 e. The Bertz CT molecular complexity index is 395. The number of hydrogen-bond donors (Lipinski definition) is 0. The summed E-state index contributed by atoms with van der Waals surface area (Å²) in [7, 11) is 0. The second-order valence-electron chi connectivity index (χ2n) is 6.25. The summed E-state index contributed by atoms with van der Waals surface area (Å²) in [6, 6.07) is 0. The molecule has 0 aromatic carbocycles. The number of carbonyl (C=O) groups excluding carboxylic acids is 1. The first-order valence-electron chi connectivity index (χ1n) is 7.00. The lowest BCUT2D eigenvalue weighted by atomic mass is 9.97. The Morgan fingerprint density at radius 3 is 2.28 bits per heavy atom. The van der Waals surface area contributed by atoms with Crippen LogP contribution in [0.4, 0.5) is 0 Å². The first-order valence-corrected chi connectivity index (χ1v) is 7.00. The van der Waals surface area contributed by atoms with Gasteiger partial charge in [-0.25, -0.2) is 4.79 Å². The Balaban J connectivity index is 2.03. The number of fused-ring (bicyclic) bond motifs is 2. The van der Waals surface area contributed by atoms with Crippen molar-refractivity contribution in [3.63, 3.8) is 0 Å². The van der Waals surface area contributed by atoms with Gasteiger partial charge in [0.1, 0.15) is 6.10 Å². The molecule has 2 heteroatoms. The Hall–Kier alpha value is -1.05. The molecule has 0 spiro atoms. The van der Waals surface area contributed by atoms with Crippen LogP contribution in [-0.4, -0.2) is 12.1 Å². The third-order valence-electron chi connectivity index (χ3n) is 4.12. The largest absolute Gasteiger partial charge is 0.458 e. The highest BCUT2D eigenvalue weighted by molar-refractivity contribution is 5.92. The zero-order valence-electron chi connectivity index (χ0n) is 12.0. The van der Waals surface area contributed by atoms with Gasteiger partial charge in [-0.15, -0.1) is 0 Å². The molecule has 0 aromatic rings. The highest BCUT2D eigenvalue weighted by Crippen LogP contribution is 2.46. The number of carbonyl (C=O) groups is 1. The molecule has 0 heterocycles. The molecular weight excluding hydrogens is 224 g/mol. The summed E-state index contributed by atoms with van der Waals surface area (Å²) < 4.78 is 5.73. The molecule has 0 saturated heterocycles. The van der Waals surface area contributed by atoms with Gasteiger partial charge in [0.2, 0.25) is 0 Å². The van der Waals surface area contributed by atoms with Crippen LogP contribution in [0.1, 0.15) is 53.4 Å². The lowest BCUT2D eigenvalue weighted by Gasteiger charge is -2.22. The Morgan fingerprint density at radius 1 is 1.11 bits per heavy atom. The van der Waals surface area contributed by atoms with Gasteiger partial charge in [-0.2, -0.15) is 0 Å². The summed E-state index contributed by atoms with van der Waals surface area (Å²) in [5.74, 6) is 1.31. The van der Waals surface area contributed by atoms with Crippen LogP contribution < -0.4 is 0 Å². The fraction of sp³-hybridized carbons (Fsp3) is 0.688. The molecular formula is C16H24O2. The van der Waals surface area contributed by atoms with E-state index in [1.807, 2.05) is 33.8 Å². The fourth-order valence-electron chi connectivity index (χ4n) is 3.23. The van der Waals surface area contributed by atoms with Gasteiger partial charge in [0.05, 0.1) is 5.57 Å². The van der Waals surface area contributed by atoms with Crippen molar-refractivity contribution in [2.75, 3.05) is 0 Å². The molecule has 100 valence electrons. The van der Waals surface area contributed by atoms with E-state index in [9.17, 15) is 4.79 Å². The van der Waals surface area contributed by atoms with Crippen molar-refractivity contribution in [1.29, 1.82) is 0 Å². The van der Waals surface area contributed by atoms with E-state index >= 15 is 0 Å². The minimum absolute atomic E-state index is 0.131. The molecule has 2 bridgehead atoms. The van der Waals surface area contributed by atoms with Gasteiger partial charge in [-0.3, -0.25) is 0 Å². The second-order valence-corrected chi connectivity index (χ2v) is 6.25. The average Bonchev–Trinajstić information content (AvgIpc) is 2.86. The van der Waals surface area contributed by atoms with Crippen LogP contribution in [0, 0.1) is 11.8 Å². The SMILES string of the molecule is CC(C)=CC(C(=O)OC1CC2CCC1C2)=C(C)C. The zero-order valence-corrected chi connectivity index (χ0v) is 12.0. The Kier molecular flexibility index (Phi) is 3.94. The number of ether oxygens (including phenoxy) is 1. The van der Waals surface area contributed by atoms with Crippen molar-refractivity contribution < 1.29 is 9.53 Å². The van der Waals surface area contributed by atoms with Crippen molar-refractivity contribution in [3.05, 3.63) is 22.8 Å². The number of hydrogen-bond acceptors (Lipinski definition) is 2. The van der Waals surface area contributed by atoms with Gasteiger partial charge in [0.15, 0.2) is 0 Å². The van der Waals surface area contributed by atoms with Gasteiger partial charge < -0.3 is 4.74 Å². The second kappa shape index (κ2) is 5.29. The maximum Gasteiger partial charge on any atom is 0.338 e. The maximum absolute atomic E-state index is 12.2. The first kappa shape index (κ1) is 13.4. The summed E-state index contributed by atoms with van der Waals surface area (Å²) in [6.07, 6.45) is 7.05. The molecule has 0 radical (unpaired) electrons. The predicted molar refractivity (Wildman–Crippen MR) is 73.1 cm³/mol. The van der Waals surface area contributed by atoms with E-state index in [4.69, 9.17) is 4.74 Å². The highest BCUT2D eigenvalue weighted by Gasteiger charge is 2.41. The molecule has 2 fully saturated rings. The summed E-state index contributed by atoms with van der Waals surface area (Å²) in [6.45, 7) is 7.95. The van der Waals surface area contributed by atoms with Gasteiger partial charge >= 0.3 is 5.97 Å². The van der Waals surface area contributed by atoms with Crippen LogP contribution in [0.25, 0.3) is 0 Å². The lowest BCUT2D eigenvalue weighted by molar-refractivity contribution is -0.146. The predicted octanol–water partition coefficient (Wildman–Crippen LogP) is 4.02. The standard InChI is InChI=1S/C16H24O2/c1-10(2)7-14(11(3)4)16(17)18-15-9-12-5-6-13(15)8-12/h7,12-13,15H,5-6,8-9H2,1-4H3. The van der Waals surface area contributed by atoms with E-state index in [1.54, 1.807) is 0 Å². The normalized spacial score (nSPS) is 29.0. The number of rotatable bonds is 3. The van der Waals surface area contributed by atoms with Crippen molar-refractivity contribution in [1.82, 2.24) is 0 Å². The third kappa shape index (κ3) is 2.85. The van der Waals surface area contributed by atoms with E-state index < -0.39 is 0 Å². The Labute approximate surface area is 110 Å². The average molecular weight is 248 g/mol. The minimum Gasteiger partial charge on any atom is -0.458 e. The fourth-order valence-corrected chi connectivity index (χ4v) is 3.23. The van der Waals surface area contributed by atoms with Crippen LogP contribution in [0.2, 0.25) is 0 Å². The van der Waals surface area contributed by atoms with Crippen LogP contribution >= 0.6 is 0 Å². The van der Waals surface area contributed by atoms with Crippen LogP contribution in [0.5, 0.6) is 0 Å². The van der Waals surface area contributed by atoms with Gasteiger partial charge in [0.25, 0.3) is 0 Å². The number of allylic oxidation sites excluding steroid dienone is 2. The van der Waals surface area contributed by atoms with Gasteiger partial charge in [-0.1, -0.05) is 11.1 Å². The molecule has 0 N–H and O–H groups in total. The van der Waals surface area contributed by atoms with E-state index in [-0.39, 0.29) is 12.1 Å². The van der Waals surface area contributed by atoms with Gasteiger partial charge in [0, 0.05) is 0 Å². The highest BCUT2D eigenvalue weighted by atomic mass is 16.5. The molecule has 0 amide bonds. The van der Waals surface area contributed by atoms with E-state index in [0.717, 1.165) is 29.1 Å². The summed E-state index contributed by atoms with van der Waals surface area (Å²) in [4.78, 5) is 12.2. The molecule has 2 saturated carbocycles. The Morgan fingerprint density at radius 2 is 1.83 bits per heavy atom. The van der Waals surface area contributed by atoms with Crippen molar-refractivity contribution >= 4 is 5.97 Å².